The lowest BCUT2D eigenvalue weighted by Gasteiger charge is -2.21. The summed E-state index contributed by atoms with van der Waals surface area (Å²) in [6, 6.07) is 35.7. The lowest BCUT2D eigenvalue weighted by atomic mass is 10.0. The minimum Gasteiger partial charge on any atom is -0.443 e. The van der Waals surface area contributed by atoms with Crippen molar-refractivity contribution in [2.45, 2.75) is 26.4 Å². The van der Waals surface area contributed by atoms with Crippen LogP contribution >= 0.6 is 0 Å². The second-order valence-electron chi connectivity index (χ2n) is 10.1. The number of esters is 1. The molecule has 0 spiro atoms. The van der Waals surface area contributed by atoms with E-state index < -0.39 is 17.7 Å². The standard InChI is InChI=1S/C34H29NO4/c1-34(2,3)39-33(37)35-29-22-14-13-21-27(29)28(31(35)25-17-9-5-10-18-25)23-30(24-15-7-4-8-16-24)38-32(36)26-19-11-6-12-20-26/h4-23H,1-3H3/b30-23-. The first-order valence-corrected chi connectivity index (χ1v) is 12.8. The van der Waals surface area contributed by atoms with Crippen LogP contribution in [-0.2, 0) is 9.47 Å². The highest BCUT2D eigenvalue weighted by atomic mass is 16.6. The first-order chi connectivity index (χ1) is 18.8. The van der Waals surface area contributed by atoms with Crippen LogP contribution in [0, 0.1) is 0 Å². The Labute approximate surface area is 227 Å². The Bertz CT molecular complexity index is 1640. The lowest BCUT2D eigenvalue weighted by Crippen LogP contribution is -2.27. The van der Waals surface area contributed by atoms with Crippen molar-refractivity contribution in [1.82, 2.24) is 4.57 Å². The maximum atomic E-state index is 13.6. The molecular formula is C34H29NO4. The largest absolute Gasteiger partial charge is 0.443 e. The number of benzene rings is 4. The van der Waals surface area contributed by atoms with Gasteiger partial charge in [0.1, 0.15) is 11.4 Å². The number of fused-ring (bicyclic) bond motifs is 1. The number of carbonyl (C=O) groups is 2. The first-order valence-electron chi connectivity index (χ1n) is 12.8. The molecule has 0 radical (unpaired) electrons. The average Bonchev–Trinajstić information content (AvgIpc) is 3.27. The molecule has 0 bridgehead atoms. The number of hydrogen-bond donors (Lipinski definition) is 0. The number of aromatic nitrogens is 1. The van der Waals surface area contributed by atoms with E-state index in [-0.39, 0.29) is 0 Å². The summed E-state index contributed by atoms with van der Waals surface area (Å²) in [5, 5.41) is 0.825. The van der Waals surface area contributed by atoms with E-state index in [1.165, 1.54) is 0 Å². The van der Waals surface area contributed by atoms with E-state index in [2.05, 4.69) is 0 Å². The number of para-hydroxylation sites is 1. The third-order valence-electron chi connectivity index (χ3n) is 6.08. The third kappa shape index (κ3) is 5.68. The van der Waals surface area contributed by atoms with Gasteiger partial charge in [0.15, 0.2) is 0 Å². The zero-order valence-corrected chi connectivity index (χ0v) is 22.1. The molecule has 0 fully saturated rings. The molecule has 4 aromatic carbocycles. The molecule has 5 aromatic rings. The van der Waals surface area contributed by atoms with Crippen molar-refractivity contribution >= 4 is 34.8 Å². The van der Waals surface area contributed by atoms with Crippen molar-refractivity contribution in [3.8, 4) is 11.3 Å². The molecule has 0 unspecified atom stereocenters. The Morgan fingerprint density at radius 3 is 1.85 bits per heavy atom. The van der Waals surface area contributed by atoms with E-state index in [1.807, 2.05) is 118 Å². The van der Waals surface area contributed by atoms with Crippen LogP contribution in [0.5, 0.6) is 0 Å². The van der Waals surface area contributed by atoms with Crippen LogP contribution in [0.4, 0.5) is 4.79 Å². The van der Waals surface area contributed by atoms with E-state index in [9.17, 15) is 9.59 Å². The van der Waals surface area contributed by atoms with Crippen LogP contribution in [0.3, 0.4) is 0 Å². The Morgan fingerprint density at radius 2 is 1.23 bits per heavy atom. The van der Waals surface area contributed by atoms with Gasteiger partial charge in [-0.25, -0.2) is 14.2 Å². The minimum atomic E-state index is -0.688. The summed E-state index contributed by atoms with van der Waals surface area (Å²) < 4.78 is 13.5. The molecule has 39 heavy (non-hydrogen) atoms. The van der Waals surface area contributed by atoms with Crippen molar-refractivity contribution in [2.24, 2.45) is 0 Å². The van der Waals surface area contributed by atoms with Gasteiger partial charge in [-0.2, -0.15) is 0 Å². The summed E-state index contributed by atoms with van der Waals surface area (Å²) in [6.45, 7) is 5.53. The molecule has 5 rings (SSSR count). The molecule has 0 amide bonds. The van der Waals surface area contributed by atoms with Gasteiger partial charge in [0, 0.05) is 16.5 Å². The quantitative estimate of drug-likeness (QED) is 0.174. The fourth-order valence-corrected chi connectivity index (χ4v) is 4.43. The van der Waals surface area contributed by atoms with Gasteiger partial charge in [0.2, 0.25) is 0 Å². The summed E-state index contributed by atoms with van der Waals surface area (Å²) in [7, 11) is 0. The number of carbonyl (C=O) groups excluding carboxylic acids is 2. The van der Waals surface area contributed by atoms with Gasteiger partial charge < -0.3 is 9.47 Å². The fraction of sp³-hybridized carbons (Fsp3) is 0.118. The van der Waals surface area contributed by atoms with Crippen molar-refractivity contribution in [2.75, 3.05) is 0 Å². The smallest absolute Gasteiger partial charge is 0.419 e. The van der Waals surface area contributed by atoms with Gasteiger partial charge in [-0.3, -0.25) is 0 Å². The van der Waals surface area contributed by atoms with Gasteiger partial charge in [0.05, 0.1) is 16.8 Å². The van der Waals surface area contributed by atoms with E-state index >= 15 is 0 Å². The van der Waals surface area contributed by atoms with E-state index in [1.54, 1.807) is 28.8 Å². The normalized spacial score (nSPS) is 11.8. The SMILES string of the molecule is CC(C)(C)OC(=O)n1c(-c2ccccc2)c(/C=C(\OC(=O)c2ccccc2)c2ccccc2)c2ccccc21. The van der Waals surface area contributed by atoms with Crippen LogP contribution < -0.4 is 0 Å². The monoisotopic (exact) mass is 515 g/mol. The van der Waals surface area contributed by atoms with Gasteiger partial charge in [-0.15, -0.1) is 0 Å². The molecule has 194 valence electrons. The highest BCUT2D eigenvalue weighted by Crippen LogP contribution is 2.37. The van der Waals surface area contributed by atoms with Gasteiger partial charge in [-0.1, -0.05) is 97.1 Å². The maximum Gasteiger partial charge on any atom is 0.419 e. The van der Waals surface area contributed by atoms with Crippen LogP contribution in [0.15, 0.2) is 115 Å². The van der Waals surface area contributed by atoms with Crippen molar-refractivity contribution < 1.29 is 19.1 Å². The molecule has 0 aliphatic heterocycles. The van der Waals surface area contributed by atoms with E-state index in [4.69, 9.17) is 9.47 Å². The molecular weight excluding hydrogens is 486 g/mol. The molecule has 0 N–H and O–H groups in total. The molecule has 0 saturated heterocycles. The minimum absolute atomic E-state index is 0.369. The second-order valence-corrected chi connectivity index (χ2v) is 10.1. The number of rotatable bonds is 5. The zero-order chi connectivity index (χ0) is 27.4. The van der Waals surface area contributed by atoms with Gasteiger partial charge in [0.25, 0.3) is 0 Å². The predicted molar refractivity (Wildman–Crippen MR) is 155 cm³/mol. The molecule has 5 nitrogen and oxygen atoms in total. The molecule has 5 heteroatoms. The summed E-state index contributed by atoms with van der Waals surface area (Å²) in [5.41, 5.74) is 3.39. The summed E-state index contributed by atoms with van der Waals surface area (Å²) in [4.78, 5) is 26.8. The van der Waals surface area contributed by atoms with Crippen molar-refractivity contribution in [3.63, 3.8) is 0 Å². The second kappa shape index (κ2) is 10.8. The fourth-order valence-electron chi connectivity index (χ4n) is 4.43. The van der Waals surface area contributed by atoms with Crippen molar-refractivity contribution in [1.29, 1.82) is 0 Å². The number of hydrogen-bond acceptors (Lipinski definition) is 4. The van der Waals surface area contributed by atoms with Crippen LogP contribution in [0.25, 0.3) is 34.0 Å². The molecule has 0 aliphatic carbocycles. The van der Waals surface area contributed by atoms with Crippen LogP contribution in [0.2, 0.25) is 0 Å². The molecule has 1 aromatic heterocycles. The Hall–Kier alpha value is -4.90. The Morgan fingerprint density at radius 1 is 0.692 bits per heavy atom. The number of ether oxygens (including phenoxy) is 2. The first kappa shape index (κ1) is 25.7. The van der Waals surface area contributed by atoms with E-state index in [0.717, 1.165) is 22.1 Å². The Kier molecular flexibility index (Phi) is 7.15. The van der Waals surface area contributed by atoms with Crippen molar-refractivity contribution in [3.05, 3.63) is 132 Å². The van der Waals surface area contributed by atoms with Crippen LogP contribution in [-0.4, -0.2) is 22.2 Å². The highest BCUT2D eigenvalue weighted by Gasteiger charge is 2.26. The van der Waals surface area contributed by atoms with E-state index in [0.29, 0.717) is 22.5 Å². The topological polar surface area (TPSA) is 57.5 Å². The lowest BCUT2D eigenvalue weighted by molar-refractivity contribution is 0.0546. The summed E-state index contributed by atoms with van der Waals surface area (Å²) in [6.07, 6.45) is 1.35. The zero-order valence-electron chi connectivity index (χ0n) is 22.1. The maximum absolute atomic E-state index is 13.6. The molecule has 0 atom stereocenters. The summed E-state index contributed by atoms with van der Waals surface area (Å²) >= 11 is 0. The summed E-state index contributed by atoms with van der Waals surface area (Å²) in [5.74, 6) is -0.100. The van der Waals surface area contributed by atoms with Crippen LogP contribution in [0.1, 0.15) is 42.3 Å². The Balaban J connectivity index is 1.77. The average molecular weight is 516 g/mol. The van der Waals surface area contributed by atoms with Gasteiger partial charge in [-0.05, 0) is 50.6 Å². The number of nitrogens with zero attached hydrogens (tertiary/aromatic N) is 1. The molecule has 1 heterocycles. The molecule has 0 aliphatic rings. The third-order valence-corrected chi connectivity index (χ3v) is 6.08. The van der Waals surface area contributed by atoms with Gasteiger partial charge >= 0.3 is 12.1 Å². The predicted octanol–water partition coefficient (Wildman–Crippen LogP) is 8.45. The highest BCUT2D eigenvalue weighted by molar-refractivity contribution is 6.06. The molecule has 0 saturated carbocycles.